The molecule has 2 atom stereocenters. The third-order valence-electron chi connectivity index (χ3n) is 4.77. The van der Waals surface area contributed by atoms with E-state index >= 15 is 0 Å². The molecule has 0 amide bonds. The van der Waals surface area contributed by atoms with Crippen LogP contribution in [-0.2, 0) is 16.4 Å². The number of benzene rings is 2. The maximum absolute atomic E-state index is 11.9. The van der Waals surface area contributed by atoms with Crippen molar-refractivity contribution in [2.45, 2.75) is 24.8 Å². The van der Waals surface area contributed by atoms with Crippen molar-refractivity contribution in [1.29, 1.82) is 5.26 Å². The van der Waals surface area contributed by atoms with Crippen molar-refractivity contribution in [2.75, 3.05) is 16.4 Å². The Labute approximate surface area is 163 Å². The number of nitrogens with zero attached hydrogens (tertiary/aromatic N) is 3. The molecule has 5 nitrogen and oxygen atoms in total. The second-order valence-corrected chi connectivity index (χ2v) is 10.3. The van der Waals surface area contributed by atoms with Gasteiger partial charge in [0, 0.05) is 10.9 Å². The van der Waals surface area contributed by atoms with Crippen LogP contribution in [0, 0.1) is 18.3 Å². The molecule has 0 spiro atoms. The number of aliphatic imine (C=N–C) groups is 1. The molecule has 0 saturated carbocycles. The van der Waals surface area contributed by atoms with Crippen LogP contribution in [0.3, 0.4) is 0 Å². The Balaban J connectivity index is 1.66. The number of hydrogen-bond acceptors (Lipinski definition) is 6. The van der Waals surface area contributed by atoms with Crippen LogP contribution >= 0.6 is 11.8 Å². The molecule has 27 heavy (non-hydrogen) atoms. The summed E-state index contributed by atoms with van der Waals surface area (Å²) < 4.78 is 23.7. The smallest absolute Gasteiger partial charge is 0.164 e. The summed E-state index contributed by atoms with van der Waals surface area (Å²) in [5.41, 5.74) is 3.90. The van der Waals surface area contributed by atoms with E-state index < -0.39 is 9.84 Å². The molecule has 1 saturated heterocycles. The van der Waals surface area contributed by atoms with Crippen LogP contribution in [0.15, 0.2) is 53.5 Å². The van der Waals surface area contributed by atoms with Gasteiger partial charge in [-0.25, -0.2) is 8.42 Å². The van der Waals surface area contributed by atoms with Crippen LogP contribution in [0.1, 0.15) is 16.7 Å². The average Bonchev–Trinajstić information content (AvgIpc) is 3.13. The third-order valence-corrected chi connectivity index (χ3v) is 8.02. The average molecular weight is 398 g/mol. The van der Waals surface area contributed by atoms with Crippen molar-refractivity contribution < 1.29 is 8.42 Å². The van der Waals surface area contributed by atoms with E-state index in [2.05, 4.69) is 17.0 Å². The van der Waals surface area contributed by atoms with Gasteiger partial charge in [-0.15, -0.1) is 0 Å². The molecule has 0 bridgehead atoms. The van der Waals surface area contributed by atoms with Crippen LogP contribution in [0.2, 0.25) is 0 Å². The number of amidine groups is 1. The SMILES string of the molecule is Cc1cccc(N(Cc2ccc(C#N)cc2)C2=NC3CS(=O)(=O)CC3S2)c1. The first-order valence-electron chi connectivity index (χ1n) is 8.72. The van der Waals surface area contributed by atoms with Gasteiger partial charge in [-0.1, -0.05) is 36.0 Å². The van der Waals surface area contributed by atoms with E-state index in [-0.39, 0.29) is 22.8 Å². The molecular weight excluding hydrogens is 378 g/mol. The highest BCUT2D eigenvalue weighted by atomic mass is 32.2. The highest BCUT2D eigenvalue weighted by Gasteiger charge is 2.44. The number of aryl methyl sites for hydroxylation is 1. The molecule has 2 aliphatic heterocycles. The molecule has 2 aliphatic rings. The van der Waals surface area contributed by atoms with Gasteiger partial charge >= 0.3 is 0 Å². The Bertz CT molecular complexity index is 1040. The molecule has 2 aromatic rings. The fourth-order valence-electron chi connectivity index (χ4n) is 3.40. The maximum atomic E-state index is 11.9. The van der Waals surface area contributed by atoms with E-state index in [1.54, 1.807) is 11.8 Å². The number of fused-ring (bicyclic) bond motifs is 1. The van der Waals surface area contributed by atoms with E-state index in [0.717, 1.165) is 22.0 Å². The van der Waals surface area contributed by atoms with Crippen molar-refractivity contribution in [1.82, 2.24) is 0 Å². The van der Waals surface area contributed by atoms with Crippen LogP contribution in [0.4, 0.5) is 5.69 Å². The summed E-state index contributed by atoms with van der Waals surface area (Å²) in [7, 11) is -2.97. The summed E-state index contributed by atoms with van der Waals surface area (Å²) in [5.74, 6) is 0.348. The lowest BCUT2D eigenvalue weighted by molar-refractivity contribution is 0.601. The van der Waals surface area contributed by atoms with Gasteiger partial charge in [-0.3, -0.25) is 4.99 Å². The quantitative estimate of drug-likeness (QED) is 0.795. The van der Waals surface area contributed by atoms with Crippen molar-refractivity contribution >= 4 is 32.5 Å². The molecular formula is C20H19N3O2S2. The predicted octanol–water partition coefficient (Wildman–Crippen LogP) is 3.14. The summed E-state index contributed by atoms with van der Waals surface area (Å²) in [6.45, 7) is 2.67. The van der Waals surface area contributed by atoms with Gasteiger partial charge in [0.05, 0.1) is 35.7 Å². The molecule has 2 aromatic carbocycles. The number of anilines is 1. The summed E-state index contributed by atoms with van der Waals surface area (Å²) in [4.78, 5) is 6.90. The summed E-state index contributed by atoms with van der Waals surface area (Å²) in [6, 6.07) is 17.7. The zero-order chi connectivity index (χ0) is 19.0. The molecule has 2 heterocycles. The van der Waals surface area contributed by atoms with E-state index in [0.29, 0.717) is 12.1 Å². The fraction of sp³-hybridized carbons (Fsp3) is 0.300. The molecule has 0 radical (unpaired) electrons. The first kappa shape index (κ1) is 18.1. The second-order valence-electron chi connectivity index (χ2n) is 6.95. The zero-order valence-electron chi connectivity index (χ0n) is 14.9. The Morgan fingerprint density at radius 2 is 2.00 bits per heavy atom. The van der Waals surface area contributed by atoms with Crippen molar-refractivity contribution in [3.05, 3.63) is 65.2 Å². The lowest BCUT2D eigenvalue weighted by Gasteiger charge is -2.25. The van der Waals surface area contributed by atoms with Gasteiger partial charge in [0.2, 0.25) is 0 Å². The number of rotatable bonds is 3. The lowest BCUT2D eigenvalue weighted by atomic mass is 10.1. The topological polar surface area (TPSA) is 73.5 Å². The highest BCUT2D eigenvalue weighted by molar-refractivity contribution is 8.15. The summed E-state index contributed by atoms with van der Waals surface area (Å²) in [5, 5.41) is 9.88. The van der Waals surface area contributed by atoms with E-state index in [1.165, 1.54) is 0 Å². The Kier molecular flexibility index (Phi) is 4.70. The van der Waals surface area contributed by atoms with Crippen LogP contribution in [0.25, 0.3) is 0 Å². The van der Waals surface area contributed by atoms with Gasteiger partial charge in [0.25, 0.3) is 0 Å². The highest BCUT2D eigenvalue weighted by Crippen LogP contribution is 2.37. The zero-order valence-corrected chi connectivity index (χ0v) is 16.5. The number of thioether (sulfide) groups is 1. The molecule has 4 rings (SSSR count). The van der Waals surface area contributed by atoms with Gasteiger partial charge < -0.3 is 4.90 Å². The minimum absolute atomic E-state index is 0.0123. The van der Waals surface area contributed by atoms with E-state index in [4.69, 9.17) is 10.3 Å². The lowest BCUT2D eigenvalue weighted by Crippen LogP contribution is -2.28. The van der Waals surface area contributed by atoms with Gasteiger partial charge in [-0.05, 0) is 42.3 Å². The molecule has 1 fully saturated rings. The van der Waals surface area contributed by atoms with Crippen molar-refractivity contribution in [3.63, 3.8) is 0 Å². The maximum Gasteiger partial charge on any atom is 0.164 e. The van der Waals surface area contributed by atoms with Crippen LogP contribution in [-0.4, -0.2) is 36.4 Å². The molecule has 0 aliphatic carbocycles. The minimum Gasteiger partial charge on any atom is -0.317 e. The van der Waals surface area contributed by atoms with Crippen molar-refractivity contribution in [2.24, 2.45) is 4.99 Å². The normalized spacial score (nSPS) is 22.7. The first-order valence-corrected chi connectivity index (χ1v) is 11.4. The third kappa shape index (κ3) is 3.87. The second kappa shape index (κ2) is 7.02. The van der Waals surface area contributed by atoms with Gasteiger partial charge in [-0.2, -0.15) is 5.26 Å². The largest absolute Gasteiger partial charge is 0.317 e. The molecule has 0 N–H and O–H groups in total. The fourth-order valence-corrected chi connectivity index (χ4v) is 7.18. The monoisotopic (exact) mass is 397 g/mol. The number of nitriles is 1. The summed E-state index contributed by atoms with van der Waals surface area (Å²) >= 11 is 1.56. The Morgan fingerprint density at radius 3 is 2.67 bits per heavy atom. The van der Waals surface area contributed by atoms with Gasteiger partial charge in [0.1, 0.15) is 0 Å². The molecule has 7 heteroatoms. The number of sulfone groups is 1. The summed E-state index contributed by atoms with van der Waals surface area (Å²) in [6.07, 6.45) is 0. The van der Waals surface area contributed by atoms with E-state index in [9.17, 15) is 8.42 Å². The molecule has 2 unspecified atom stereocenters. The standard InChI is InChI=1S/C20H19N3O2S2/c1-14-3-2-4-17(9-14)23(11-16-7-5-15(10-21)6-8-16)20-22-18-12-27(24,25)13-19(18)26-20/h2-9,18-19H,11-13H2,1H3. The minimum atomic E-state index is -2.97. The van der Waals surface area contributed by atoms with Crippen molar-refractivity contribution in [3.8, 4) is 6.07 Å². The number of hydrogen-bond donors (Lipinski definition) is 0. The molecule has 0 aromatic heterocycles. The Morgan fingerprint density at radius 1 is 1.22 bits per heavy atom. The van der Waals surface area contributed by atoms with Crippen LogP contribution < -0.4 is 4.90 Å². The van der Waals surface area contributed by atoms with Crippen LogP contribution in [0.5, 0.6) is 0 Å². The molecule has 138 valence electrons. The predicted molar refractivity (Wildman–Crippen MR) is 110 cm³/mol. The van der Waals surface area contributed by atoms with Gasteiger partial charge in [0.15, 0.2) is 15.0 Å². The Hall–Kier alpha value is -2.30. The van der Waals surface area contributed by atoms with E-state index in [1.807, 2.05) is 49.4 Å². The first-order chi connectivity index (χ1) is 12.9.